The molecule has 22 heavy (non-hydrogen) atoms. The van der Waals surface area contributed by atoms with E-state index in [4.69, 9.17) is 12.2 Å². The fraction of sp³-hybridized carbons (Fsp3) is 0.211. The molecule has 2 N–H and O–H groups in total. The van der Waals surface area contributed by atoms with Crippen molar-refractivity contribution >= 4 is 17.3 Å². The third-order valence-electron chi connectivity index (χ3n) is 3.53. The highest BCUT2D eigenvalue weighted by molar-refractivity contribution is 7.80. The number of thiocarbonyl (C=S) groups is 1. The molecule has 2 aromatic carbocycles. The second-order valence-corrected chi connectivity index (χ2v) is 5.50. The van der Waals surface area contributed by atoms with Crippen LogP contribution in [0.3, 0.4) is 0 Å². The average Bonchev–Trinajstić information content (AvgIpc) is 2.58. The van der Waals surface area contributed by atoms with E-state index in [2.05, 4.69) is 77.9 Å². The quantitative estimate of drug-likeness (QED) is 0.600. The summed E-state index contributed by atoms with van der Waals surface area (Å²) in [6.07, 6.45) is 2.79. The van der Waals surface area contributed by atoms with E-state index in [0.29, 0.717) is 17.6 Å². The van der Waals surface area contributed by atoms with E-state index >= 15 is 0 Å². The Hall–Kier alpha value is -2.13. The molecule has 0 saturated carbocycles. The molecule has 2 rings (SSSR count). The van der Waals surface area contributed by atoms with Gasteiger partial charge in [0.05, 0.1) is 0 Å². The Kier molecular flexibility index (Phi) is 6.65. The Balaban J connectivity index is 2.00. The lowest BCUT2D eigenvalue weighted by Gasteiger charge is -2.19. The fourth-order valence-electron chi connectivity index (χ4n) is 2.45. The first-order valence-electron chi connectivity index (χ1n) is 7.53. The lowest BCUT2D eigenvalue weighted by atomic mass is 9.88. The zero-order valence-electron chi connectivity index (χ0n) is 12.7. The number of benzene rings is 2. The van der Waals surface area contributed by atoms with Crippen molar-refractivity contribution in [1.29, 1.82) is 0 Å². The van der Waals surface area contributed by atoms with Gasteiger partial charge in [-0.3, -0.25) is 0 Å². The molecule has 3 heteroatoms. The molecule has 0 unspecified atom stereocenters. The van der Waals surface area contributed by atoms with Crippen molar-refractivity contribution in [1.82, 2.24) is 10.6 Å². The van der Waals surface area contributed by atoms with Crippen molar-refractivity contribution < 1.29 is 0 Å². The van der Waals surface area contributed by atoms with E-state index < -0.39 is 0 Å². The smallest absolute Gasteiger partial charge is 0.166 e. The van der Waals surface area contributed by atoms with Gasteiger partial charge in [0.15, 0.2) is 5.11 Å². The summed E-state index contributed by atoms with van der Waals surface area (Å²) in [5.41, 5.74) is 2.67. The molecule has 0 bridgehead atoms. The highest BCUT2D eigenvalue weighted by atomic mass is 32.1. The molecular formula is C19H22N2S. The minimum atomic E-state index is 0.372. The summed E-state index contributed by atoms with van der Waals surface area (Å²) in [6, 6.07) is 21.2. The van der Waals surface area contributed by atoms with Gasteiger partial charge in [0, 0.05) is 19.0 Å². The fourth-order valence-corrected chi connectivity index (χ4v) is 2.64. The standard InChI is InChI=1S/C19H22N2S/c1-2-14-20-19(22)21-15-13-18(16-9-5-3-6-10-16)17-11-7-4-8-12-17/h2-12,18H,1,13-15H2,(H2,20,21,22). The van der Waals surface area contributed by atoms with Crippen LogP contribution >= 0.6 is 12.2 Å². The minimum absolute atomic E-state index is 0.372. The molecular weight excluding hydrogens is 288 g/mol. The van der Waals surface area contributed by atoms with Gasteiger partial charge in [0.1, 0.15) is 0 Å². The van der Waals surface area contributed by atoms with Crippen molar-refractivity contribution in [3.05, 3.63) is 84.4 Å². The minimum Gasteiger partial charge on any atom is -0.363 e. The van der Waals surface area contributed by atoms with Crippen LogP contribution in [0.15, 0.2) is 73.3 Å². The highest BCUT2D eigenvalue weighted by Gasteiger charge is 2.13. The molecule has 0 aliphatic rings. The van der Waals surface area contributed by atoms with Crippen LogP contribution in [0.1, 0.15) is 23.5 Å². The summed E-state index contributed by atoms with van der Waals surface area (Å²) in [5, 5.41) is 7.03. The normalized spacial score (nSPS) is 10.2. The van der Waals surface area contributed by atoms with Gasteiger partial charge in [-0.2, -0.15) is 0 Å². The summed E-state index contributed by atoms with van der Waals surface area (Å²) >= 11 is 5.23. The van der Waals surface area contributed by atoms with Gasteiger partial charge in [-0.05, 0) is 29.8 Å². The van der Waals surface area contributed by atoms with Gasteiger partial charge in [-0.1, -0.05) is 66.7 Å². The maximum absolute atomic E-state index is 5.23. The SMILES string of the molecule is C=CCNC(=S)NCCC(c1ccccc1)c1ccccc1. The van der Waals surface area contributed by atoms with Crippen LogP contribution in [-0.4, -0.2) is 18.2 Å². The molecule has 0 amide bonds. The average molecular weight is 310 g/mol. The van der Waals surface area contributed by atoms with Crippen LogP contribution in [-0.2, 0) is 0 Å². The van der Waals surface area contributed by atoms with Crippen molar-refractivity contribution in [2.24, 2.45) is 0 Å². The Bertz CT molecular complexity index is 541. The first-order chi connectivity index (χ1) is 10.8. The molecule has 0 saturated heterocycles. The number of rotatable bonds is 7. The first-order valence-corrected chi connectivity index (χ1v) is 7.94. The summed E-state index contributed by atoms with van der Waals surface area (Å²) in [5.74, 6) is 0.372. The Morgan fingerprint density at radius 2 is 1.50 bits per heavy atom. The Labute approximate surface area is 138 Å². The number of nitrogens with one attached hydrogen (secondary N) is 2. The maximum Gasteiger partial charge on any atom is 0.166 e. The largest absolute Gasteiger partial charge is 0.363 e. The van der Waals surface area contributed by atoms with Crippen molar-refractivity contribution in [3.63, 3.8) is 0 Å². The zero-order valence-corrected chi connectivity index (χ0v) is 13.5. The second kappa shape index (κ2) is 9.00. The third-order valence-corrected chi connectivity index (χ3v) is 3.82. The van der Waals surface area contributed by atoms with Crippen molar-refractivity contribution in [3.8, 4) is 0 Å². The van der Waals surface area contributed by atoms with Crippen LogP contribution < -0.4 is 10.6 Å². The summed E-state index contributed by atoms with van der Waals surface area (Å²) < 4.78 is 0. The second-order valence-electron chi connectivity index (χ2n) is 5.09. The van der Waals surface area contributed by atoms with Gasteiger partial charge >= 0.3 is 0 Å². The van der Waals surface area contributed by atoms with Gasteiger partial charge < -0.3 is 10.6 Å². The van der Waals surface area contributed by atoms with Crippen LogP contribution in [0.2, 0.25) is 0 Å². The Morgan fingerprint density at radius 1 is 0.955 bits per heavy atom. The molecule has 0 aliphatic heterocycles. The van der Waals surface area contributed by atoms with Gasteiger partial charge in [-0.15, -0.1) is 6.58 Å². The number of hydrogen-bond donors (Lipinski definition) is 2. The molecule has 0 aromatic heterocycles. The third kappa shape index (κ3) is 5.01. The van der Waals surface area contributed by atoms with E-state index in [0.717, 1.165) is 13.0 Å². The van der Waals surface area contributed by atoms with E-state index in [1.807, 2.05) is 0 Å². The molecule has 2 aromatic rings. The summed E-state index contributed by atoms with van der Waals surface area (Å²) in [4.78, 5) is 0. The van der Waals surface area contributed by atoms with Crippen molar-refractivity contribution in [2.75, 3.05) is 13.1 Å². The molecule has 114 valence electrons. The van der Waals surface area contributed by atoms with Crippen LogP contribution in [0.4, 0.5) is 0 Å². The van der Waals surface area contributed by atoms with Gasteiger partial charge in [-0.25, -0.2) is 0 Å². The van der Waals surface area contributed by atoms with E-state index in [-0.39, 0.29) is 0 Å². The lowest BCUT2D eigenvalue weighted by Crippen LogP contribution is -2.36. The lowest BCUT2D eigenvalue weighted by molar-refractivity contribution is 0.687. The molecule has 0 atom stereocenters. The molecule has 0 aliphatic carbocycles. The topological polar surface area (TPSA) is 24.1 Å². The highest BCUT2D eigenvalue weighted by Crippen LogP contribution is 2.27. The van der Waals surface area contributed by atoms with Gasteiger partial charge in [0.2, 0.25) is 0 Å². The Morgan fingerprint density at radius 3 is 2.00 bits per heavy atom. The molecule has 0 fully saturated rings. The molecule has 0 heterocycles. The molecule has 0 spiro atoms. The van der Waals surface area contributed by atoms with E-state index in [1.54, 1.807) is 6.08 Å². The molecule has 0 radical (unpaired) electrons. The van der Waals surface area contributed by atoms with Crippen LogP contribution in [0, 0.1) is 0 Å². The first kappa shape index (κ1) is 16.2. The van der Waals surface area contributed by atoms with Crippen LogP contribution in [0.25, 0.3) is 0 Å². The summed E-state index contributed by atoms with van der Waals surface area (Å²) in [6.45, 7) is 5.19. The zero-order chi connectivity index (χ0) is 15.6. The predicted molar refractivity (Wildman–Crippen MR) is 98.1 cm³/mol. The van der Waals surface area contributed by atoms with Crippen LogP contribution in [0.5, 0.6) is 0 Å². The maximum atomic E-state index is 5.23. The van der Waals surface area contributed by atoms with Gasteiger partial charge in [0.25, 0.3) is 0 Å². The van der Waals surface area contributed by atoms with E-state index in [1.165, 1.54) is 11.1 Å². The number of hydrogen-bond acceptors (Lipinski definition) is 1. The summed E-state index contributed by atoms with van der Waals surface area (Å²) in [7, 11) is 0. The monoisotopic (exact) mass is 310 g/mol. The van der Waals surface area contributed by atoms with E-state index in [9.17, 15) is 0 Å². The molecule has 2 nitrogen and oxygen atoms in total. The predicted octanol–water partition coefficient (Wildman–Crippen LogP) is 3.86. The van der Waals surface area contributed by atoms with Crippen molar-refractivity contribution in [2.45, 2.75) is 12.3 Å².